The van der Waals surface area contributed by atoms with Crippen LogP contribution < -0.4 is 4.74 Å². The molecule has 116 valence electrons. The van der Waals surface area contributed by atoms with Crippen LogP contribution in [0.25, 0.3) is 0 Å². The van der Waals surface area contributed by atoms with E-state index in [1.54, 1.807) is 24.3 Å². The summed E-state index contributed by atoms with van der Waals surface area (Å²) in [5.74, 6) is 1.26. The molecule has 0 aliphatic carbocycles. The van der Waals surface area contributed by atoms with Crippen LogP contribution >= 0.6 is 0 Å². The molecule has 4 heteroatoms. The van der Waals surface area contributed by atoms with E-state index in [1.807, 2.05) is 13.8 Å². The Hall–Kier alpha value is -1.55. The van der Waals surface area contributed by atoms with Gasteiger partial charge in [-0.3, -0.25) is 4.90 Å². The highest BCUT2D eigenvalue weighted by Crippen LogP contribution is 2.16. The van der Waals surface area contributed by atoms with Crippen molar-refractivity contribution in [3.8, 4) is 5.75 Å². The molecule has 1 aliphatic heterocycles. The first-order valence-electron chi connectivity index (χ1n) is 7.71. The lowest BCUT2D eigenvalue weighted by molar-refractivity contribution is 0.0471. The summed E-state index contributed by atoms with van der Waals surface area (Å²) in [5, 5.41) is 0. The average Bonchev–Trinajstić information content (AvgIpc) is 2.84. The summed E-state index contributed by atoms with van der Waals surface area (Å²) in [7, 11) is 0. The standard InChI is InChI=1S/C17H25NO3/c1-13(2)21-16-6-4-15(5-7-16)17(19)20-11-10-18-9-8-14(3)12-18/h4-7,13-14H,8-12H2,1-3H3/t14-/m1/s1. The van der Waals surface area contributed by atoms with E-state index in [0.29, 0.717) is 12.2 Å². The Morgan fingerprint density at radius 2 is 2.05 bits per heavy atom. The number of ether oxygens (including phenoxy) is 2. The molecule has 0 bridgehead atoms. The van der Waals surface area contributed by atoms with E-state index in [0.717, 1.165) is 31.3 Å². The van der Waals surface area contributed by atoms with Gasteiger partial charge in [0.05, 0.1) is 11.7 Å². The maximum Gasteiger partial charge on any atom is 0.338 e. The molecule has 0 unspecified atom stereocenters. The molecule has 1 fully saturated rings. The minimum absolute atomic E-state index is 0.130. The van der Waals surface area contributed by atoms with Gasteiger partial charge < -0.3 is 9.47 Å². The van der Waals surface area contributed by atoms with Crippen molar-refractivity contribution in [3.63, 3.8) is 0 Å². The lowest BCUT2D eigenvalue weighted by Gasteiger charge is -2.15. The number of carbonyl (C=O) groups is 1. The number of nitrogens with zero attached hydrogens (tertiary/aromatic N) is 1. The van der Waals surface area contributed by atoms with E-state index in [-0.39, 0.29) is 12.1 Å². The summed E-state index contributed by atoms with van der Waals surface area (Å²) in [6, 6.07) is 7.10. The highest BCUT2D eigenvalue weighted by atomic mass is 16.5. The first-order chi connectivity index (χ1) is 10.0. The molecular weight excluding hydrogens is 266 g/mol. The predicted octanol–water partition coefficient (Wildman–Crippen LogP) is 2.97. The Labute approximate surface area is 127 Å². The molecule has 1 aromatic rings. The van der Waals surface area contributed by atoms with Crippen LogP contribution in [0.1, 0.15) is 37.6 Å². The zero-order chi connectivity index (χ0) is 15.2. The zero-order valence-corrected chi connectivity index (χ0v) is 13.2. The largest absolute Gasteiger partial charge is 0.491 e. The fraction of sp³-hybridized carbons (Fsp3) is 0.588. The molecule has 4 nitrogen and oxygen atoms in total. The van der Waals surface area contributed by atoms with Gasteiger partial charge in [0.25, 0.3) is 0 Å². The van der Waals surface area contributed by atoms with Crippen LogP contribution in [0, 0.1) is 5.92 Å². The van der Waals surface area contributed by atoms with Gasteiger partial charge in [-0.15, -0.1) is 0 Å². The van der Waals surface area contributed by atoms with Crippen LogP contribution in [0.15, 0.2) is 24.3 Å². The second kappa shape index (κ2) is 7.46. The van der Waals surface area contributed by atoms with Crippen LogP contribution in [-0.4, -0.2) is 43.2 Å². The number of esters is 1. The SMILES string of the molecule is CC(C)Oc1ccc(C(=O)OCCN2CC[C@@H](C)C2)cc1. The summed E-state index contributed by atoms with van der Waals surface area (Å²) < 4.78 is 10.9. The molecule has 1 heterocycles. The van der Waals surface area contributed by atoms with Gasteiger partial charge in [-0.05, 0) is 57.0 Å². The second-order valence-electron chi connectivity index (χ2n) is 6.02. The number of carbonyl (C=O) groups excluding carboxylic acids is 1. The van der Waals surface area contributed by atoms with Crippen molar-refractivity contribution in [1.29, 1.82) is 0 Å². The molecule has 21 heavy (non-hydrogen) atoms. The van der Waals surface area contributed by atoms with Crippen molar-refractivity contribution < 1.29 is 14.3 Å². The smallest absolute Gasteiger partial charge is 0.338 e. The summed E-state index contributed by atoms with van der Waals surface area (Å²) in [4.78, 5) is 14.3. The van der Waals surface area contributed by atoms with Gasteiger partial charge in [-0.2, -0.15) is 0 Å². The van der Waals surface area contributed by atoms with Crippen LogP contribution in [0.5, 0.6) is 5.75 Å². The number of benzene rings is 1. The summed E-state index contributed by atoms with van der Waals surface area (Å²) in [6.07, 6.45) is 1.37. The Kier molecular flexibility index (Phi) is 5.62. The number of hydrogen-bond acceptors (Lipinski definition) is 4. The van der Waals surface area contributed by atoms with Crippen molar-refractivity contribution in [2.24, 2.45) is 5.92 Å². The summed E-state index contributed by atoms with van der Waals surface area (Å²) in [5.41, 5.74) is 0.570. The molecule has 0 amide bonds. The highest BCUT2D eigenvalue weighted by Gasteiger charge is 2.18. The van der Waals surface area contributed by atoms with Gasteiger partial charge in [-0.1, -0.05) is 6.92 Å². The molecule has 0 aromatic heterocycles. The van der Waals surface area contributed by atoms with Crippen molar-refractivity contribution in [3.05, 3.63) is 29.8 Å². The molecular formula is C17H25NO3. The maximum absolute atomic E-state index is 11.9. The van der Waals surface area contributed by atoms with Gasteiger partial charge in [-0.25, -0.2) is 4.79 Å². The van der Waals surface area contributed by atoms with Crippen LogP contribution in [-0.2, 0) is 4.74 Å². The summed E-state index contributed by atoms with van der Waals surface area (Å²) >= 11 is 0. The monoisotopic (exact) mass is 291 g/mol. The average molecular weight is 291 g/mol. The predicted molar refractivity (Wildman–Crippen MR) is 82.7 cm³/mol. The first kappa shape index (κ1) is 15.8. The fourth-order valence-corrected chi connectivity index (χ4v) is 2.52. The zero-order valence-electron chi connectivity index (χ0n) is 13.2. The number of likely N-dealkylation sites (tertiary alicyclic amines) is 1. The Morgan fingerprint density at radius 3 is 2.62 bits per heavy atom. The third-order valence-electron chi connectivity index (χ3n) is 3.61. The van der Waals surface area contributed by atoms with E-state index in [2.05, 4.69) is 11.8 Å². The summed E-state index contributed by atoms with van der Waals surface area (Å²) in [6.45, 7) is 9.70. The molecule has 2 rings (SSSR count). The van der Waals surface area contributed by atoms with Gasteiger partial charge in [0.1, 0.15) is 12.4 Å². The van der Waals surface area contributed by atoms with Gasteiger partial charge >= 0.3 is 5.97 Å². The molecule has 1 aliphatic rings. The Morgan fingerprint density at radius 1 is 1.33 bits per heavy atom. The minimum Gasteiger partial charge on any atom is -0.491 e. The number of hydrogen-bond donors (Lipinski definition) is 0. The van der Waals surface area contributed by atoms with Crippen LogP contribution in [0.2, 0.25) is 0 Å². The molecule has 0 saturated carbocycles. The molecule has 0 N–H and O–H groups in total. The van der Waals surface area contributed by atoms with Gasteiger partial charge in [0.2, 0.25) is 0 Å². The molecule has 0 spiro atoms. The molecule has 0 radical (unpaired) electrons. The van der Waals surface area contributed by atoms with E-state index in [1.165, 1.54) is 6.42 Å². The first-order valence-corrected chi connectivity index (χ1v) is 7.71. The topological polar surface area (TPSA) is 38.8 Å². The van der Waals surface area contributed by atoms with E-state index < -0.39 is 0 Å². The van der Waals surface area contributed by atoms with Crippen molar-refractivity contribution >= 4 is 5.97 Å². The second-order valence-corrected chi connectivity index (χ2v) is 6.02. The normalized spacial score (nSPS) is 19.0. The third-order valence-corrected chi connectivity index (χ3v) is 3.61. The van der Waals surface area contributed by atoms with Crippen LogP contribution in [0.3, 0.4) is 0 Å². The molecule has 1 saturated heterocycles. The van der Waals surface area contributed by atoms with Crippen molar-refractivity contribution in [2.45, 2.75) is 33.3 Å². The third kappa shape index (κ3) is 5.05. The quantitative estimate of drug-likeness (QED) is 0.755. The lowest BCUT2D eigenvalue weighted by atomic mass is 10.2. The molecule has 1 aromatic carbocycles. The fourth-order valence-electron chi connectivity index (χ4n) is 2.52. The van der Waals surface area contributed by atoms with Crippen molar-refractivity contribution in [1.82, 2.24) is 4.90 Å². The van der Waals surface area contributed by atoms with Gasteiger partial charge in [0.15, 0.2) is 0 Å². The highest BCUT2D eigenvalue weighted by molar-refractivity contribution is 5.89. The van der Waals surface area contributed by atoms with E-state index in [9.17, 15) is 4.79 Å². The van der Waals surface area contributed by atoms with Crippen LogP contribution in [0.4, 0.5) is 0 Å². The van der Waals surface area contributed by atoms with Gasteiger partial charge in [0, 0.05) is 13.1 Å². The Balaban J connectivity index is 1.75. The van der Waals surface area contributed by atoms with E-state index in [4.69, 9.17) is 9.47 Å². The van der Waals surface area contributed by atoms with Crippen molar-refractivity contribution in [2.75, 3.05) is 26.2 Å². The van der Waals surface area contributed by atoms with E-state index >= 15 is 0 Å². The minimum atomic E-state index is -0.265. The Bertz CT molecular complexity index is 456. The molecule has 1 atom stereocenters. The number of rotatable bonds is 6. The maximum atomic E-state index is 11.9. The lowest BCUT2D eigenvalue weighted by Crippen LogP contribution is -2.26.